The summed E-state index contributed by atoms with van der Waals surface area (Å²) in [7, 11) is 0. The van der Waals surface area contributed by atoms with Gasteiger partial charge in [0.05, 0.1) is 69.7 Å². The molecule has 6 saturated heterocycles. The van der Waals surface area contributed by atoms with Crippen molar-refractivity contribution in [3.63, 3.8) is 0 Å². The zero-order valence-electron chi connectivity index (χ0n) is 58.3. The van der Waals surface area contributed by atoms with Gasteiger partial charge in [-0.05, 0) is 93.5 Å². The van der Waals surface area contributed by atoms with E-state index in [0.29, 0.717) is 31.3 Å². The highest BCUT2D eigenvalue weighted by Gasteiger charge is 2.73. The molecule has 34 heteroatoms. The highest BCUT2D eigenvalue weighted by Crippen LogP contribution is 2.74. The van der Waals surface area contributed by atoms with Crippen molar-refractivity contribution < 1.29 is 169 Å². The van der Waals surface area contributed by atoms with Gasteiger partial charge in [-0.2, -0.15) is 0 Å². The predicted molar refractivity (Wildman–Crippen MR) is 336 cm³/mol. The Morgan fingerprint density at radius 2 is 0.921 bits per heavy atom. The molecule has 40 atom stereocenters. The molecule has 4 aliphatic carbocycles. The van der Waals surface area contributed by atoms with Gasteiger partial charge >= 0.3 is 0 Å². The lowest BCUT2D eigenvalue weighted by atomic mass is 9.38. The fraction of sp³-hybridized carbons (Fsp3) is 0.955. The molecule has 10 rings (SSSR count). The van der Waals surface area contributed by atoms with E-state index >= 15 is 4.79 Å². The maximum absolute atomic E-state index is 15.4. The normalized spacial score (nSPS) is 51.7. The number of hydrogen-bond acceptors (Lipinski definition) is 34. The number of ether oxygens (including phenoxy) is 12. The summed E-state index contributed by atoms with van der Waals surface area (Å²) in [5.74, 6) is -2.43. The third-order valence-electron chi connectivity index (χ3n) is 25.1. The van der Waals surface area contributed by atoms with Gasteiger partial charge in [-0.25, -0.2) is 0 Å². The fourth-order valence-corrected chi connectivity index (χ4v) is 18.5. The number of ketones is 1. The van der Waals surface area contributed by atoms with Crippen molar-refractivity contribution in [2.45, 2.75) is 309 Å². The Bertz CT molecular complexity index is 2760. The van der Waals surface area contributed by atoms with Gasteiger partial charge in [0.15, 0.2) is 43.5 Å². The van der Waals surface area contributed by atoms with Crippen molar-refractivity contribution >= 4 is 5.78 Å². The van der Waals surface area contributed by atoms with Gasteiger partial charge in [0.1, 0.15) is 134 Å². The number of carbonyl (C=O) groups is 1. The van der Waals surface area contributed by atoms with Crippen LogP contribution in [0.4, 0.5) is 0 Å². The van der Waals surface area contributed by atoms with Crippen LogP contribution in [-0.4, -0.2) is 355 Å². The van der Waals surface area contributed by atoms with Crippen molar-refractivity contribution in [1.82, 2.24) is 0 Å². The Kier molecular flexibility index (Phi) is 25.5. The molecule has 101 heavy (non-hydrogen) atoms. The zero-order valence-corrected chi connectivity index (χ0v) is 58.3. The first kappa shape index (κ1) is 81.6. The minimum absolute atomic E-state index is 0.107. The third-order valence-corrected chi connectivity index (χ3v) is 25.1. The van der Waals surface area contributed by atoms with Crippen molar-refractivity contribution in [2.75, 3.05) is 39.6 Å². The van der Waals surface area contributed by atoms with Gasteiger partial charge in [-0.1, -0.05) is 54.0 Å². The van der Waals surface area contributed by atoms with Gasteiger partial charge in [0.2, 0.25) is 0 Å². The molecule has 0 bridgehead atoms. The Morgan fingerprint density at radius 3 is 1.44 bits per heavy atom. The van der Waals surface area contributed by atoms with E-state index in [1.165, 1.54) is 20.8 Å². The van der Waals surface area contributed by atoms with E-state index in [9.17, 15) is 107 Å². The molecule has 6 aliphatic heterocycles. The van der Waals surface area contributed by atoms with Crippen LogP contribution in [0.3, 0.4) is 0 Å². The van der Waals surface area contributed by atoms with Crippen LogP contribution in [0.25, 0.3) is 0 Å². The van der Waals surface area contributed by atoms with Crippen molar-refractivity contribution in [3.8, 4) is 0 Å². The largest absolute Gasteiger partial charge is 0.394 e. The number of rotatable bonds is 23. The lowest BCUT2D eigenvalue weighted by Crippen LogP contribution is -2.67. The highest BCUT2D eigenvalue weighted by molar-refractivity contribution is 5.95. The summed E-state index contributed by atoms with van der Waals surface area (Å²) in [5, 5.41) is 229. The van der Waals surface area contributed by atoms with E-state index in [0.717, 1.165) is 0 Å². The maximum Gasteiger partial charge on any atom is 0.187 e. The van der Waals surface area contributed by atoms with Gasteiger partial charge < -0.3 is 164 Å². The number of aliphatic hydroxyl groups is 21. The van der Waals surface area contributed by atoms with Crippen LogP contribution in [0.1, 0.15) is 107 Å². The average Bonchev–Trinajstić information content (AvgIpc) is 1.66. The molecule has 3 saturated carbocycles. The lowest BCUT2D eigenvalue weighted by Gasteiger charge is -2.66. The summed E-state index contributed by atoms with van der Waals surface area (Å²) in [6.07, 6.45) is -48.3. The van der Waals surface area contributed by atoms with Gasteiger partial charge in [-0.3, -0.25) is 4.79 Å². The third kappa shape index (κ3) is 15.0. The molecule has 0 spiro atoms. The molecule has 0 radical (unpaired) electrons. The van der Waals surface area contributed by atoms with Crippen molar-refractivity contribution in [1.29, 1.82) is 0 Å². The maximum atomic E-state index is 15.4. The first-order valence-corrected chi connectivity index (χ1v) is 35.4. The van der Waals surface area contributed by atoms with Gasteiger partial charge in [-0.15, -0.1) is 0 Å². The number of allylic oxidation sites excluding steroid dienone is 1. The molecule has 6 heterocycles. The number of carbonyl (C=O) groups excluding carboxylic acids is 1. The molecular weight excluding hydrogens is 1350 g/mol. The molecule has 21 N–H and O–H groups in total. The molecule has 10 aliphatic rings. The number of aliphatic hydroxyl groups excluding tert-OH is 20. The van der Waals surface area contributed by atoms with Gasteiger partial charge in [0, 0.05) is 22.7 Å². The van der Waals surface area contributed by atoms with Crippen LogP contribution in [-0.2, 0) is 61.6 Å². The quantitative estimate of drug-likeness (QED) is 0.0452. The molecule has 9 fully saturated rings. The van der Waals surface area contributed by atoms with E-state index in [4.69, 9.17) is 56.8 Å². The van der Waals surface area contributed by atoms with Crippen LogP contribution in [0, 0.1) is 51.2 Å². The second-order valence-corrected chi connectivity index (χ2v) is 31.9. The smallest absolute Gasteiger partial charge is 0.187 e. The molecule has 3 unspecified atom stereocenters. The number of fused-ring (bicyclic) bond motifs is 5. The molecule has 0 aromatic rings. The van der Waals surface area contributed by atoms with E-state index in [2.05, 4.69) is 13.8 Å². The zero-order chi connectivity index (χ0) is 74.4. The minimum atomic E-state index is -2.03. The standard InChI is InChI=1S/C67H112O34/c1-24(10-12-38(64(5,6)89)99-62-55(100-59-52(87)47(82)42(77)32(20-70)94-59)50(85)45(80)35(97-62)23-90-57-40(75)25(2)39(74)30(18-68)92-57)26-14-15-65(7)56-29(72)16-28-27(67(56,9)36(73)17-66(26,65)8)11-13-37(63(28,3)4)98-61-54(49(84)43(78)33(21-71)95-61)101-60-53(88)48(83)44(79)34(96-60)22-91-58-51(86)46(81)41(76)31(19-69)93-58/h16,24-27,30-62,68-71,73-89H,10-15,17-23H2,1-9H3/t24-,25+,26?,27?,30-,31-,32+,33-,34+,35-,36-,37+,38-,39+,40-,41-,42+,43-,44+,45-,46+,47-,48-,49+,50+,51-,52+,53+,54-,55-,56?,57-,58-,59-,60-,61+,62+,65+,66-,67-/m1/s1. The molecule has 0 aromatic heterocycles. The summed E-state index contributed by atoms with van der Waals surface area (Å²) in [5.41, 5.74) is -4.46. The monoisotopic (exact) mass is 1460 g/mol. The summed E-state index contributed by atoms with van der Waals surface area (Å²) in [6.45, 7) is 12.1. The first-order chi connectivity index (χ1) is 47.3. The fourth-order valence-electron chi connectivity index (χ4n) is 18.5. The van der Waals surface area contributed by atoms with Crippen LogP contribution < -0.4 is 0 Å². The van der Waals surface area contributed by atoms with Crippen molar-refractivity contribution in [2.24, 2.45) is 51.2 Å². The Balaban J connectivity index is 0.840. The first-order valence-electron chi connectivity index (χ1n) is 35.4. The van der Waals surface area contributed by atoms with Crippen LogP contribution in [0.2, 0.25) is 0 Å². The summed E-state index contributed by atoms with van der Waals surface area (Å²) in [4.78, 5) is 15.4. The molecule has 34 nitrogen and oxygen atoms in total. The molecule has 584 valence electrons. The molecule has 0 aromatic carbocycles. The predicted octanol–water partition coefficient (Wildman–Crippen LogP) is -7.13. The summed E-state index contributed by atoms with van der Waals surface area (Å²) in [6, 6.07) is 0. The van der Waals surface area contributed by atoms with Crippen LogP contribution >= 0.6 is 0 Å². The second kappa shape index (κ2) is 31.6. The summed E-state index contributed by atoms with van der Waals surface area (Å²) >= 11 is 0. The average molecular weight is 1460 g/mol. The molecular formula is C67H112O34. The van der Waals surface area contributed by atoms with Crippen LogP contribution in [0.15, 0.2) is 11.6 Å². The second-order valence-electron chi connectivity index (χ2n) is 31.9. The highest BCUT2D eigenvalue weighted by atomic mass is 16.8. The van der Waals surface area contributed by atoms with E-state index < -0.39 is 275 Å². The Morgan fingerprint density at radius 1 is 0.495 bits per heavy atom. The van der Waals surface area contributed by atoms with Gasteiger partial charge in [0.25, 0.3) is 0 Å². The van der Waals surface area contributed by atoms with E-state index in [-0.39, 0.29) is 42.8 Å². The lowest BCUT2D eigenvalue weighted by molar-refractivity contribution is -0.380. The topological polar surface area (TPSA) is 553 Å². The molecule has 0 amide bonds. The summed E-state index contributed by atoms with van der Waals surface area (Å²) < 4.78 is 71.8. The van der Waals surface area contributed by atoms with Crippen LogP contribution in [0.5, 0.6) is 0 Å². The Labute approximate surface area is 584 Å². The SMILES string of the molecule is C[C@@H]1[C@@H](O)[C@H](OC[C@H]2O[C@@H](O[C@H](CC[C@@H](C)C3CC[C@@]4(C)C5C(=O)C=C6C(CC[C@H](O[C@@H]7O[C@H](CO)[C@@H](O)[C@H](O)[C@H]7O[C@H]7O[C@@H](CO[C@@H]8O[C@H](CO)[C@@H](O)[C@H](O)[C@H]8O)[C@H](O)[C@@H](O)[C@@H]7O)C6(C)C)[C@]5(C)[C@H](O)C[C@]34C)C(C)(C)O)[C@H](O[C@H]3O[C@@H](CO)[C@H](O)[C@@H](O)[C@@H]3O)[C@@H](O)[C@@H]2O)O[C@H](CO)[C@H]1O. The number of hydrogen-bond donors (Lipinski definition) is 21. The van der Waals surface area contributed by atoms with Crippen molar-refractivity contribution in [3.05, 3.63) is 11.6 Å². The van der Waals surface area contributed by atoms with E-state index in [1.807, 2.05) is 27.7 Å². The Hall–Kier alpha value is -1.91. The minimum Gasteiger partial charge on any atom is -0.394 e. The van der Waals surface area contributed by atoms with E-state index in [1.54, 1.807) is 6.08 Å².